The van der Waals surface area contributed by atoms with Crippen LogP contribution < -0.4 is 4.74 Å². The number of aromatic nitrogens is 2. The Bertz CT molecular complexity index is 903. The third-order valence-corrected chi connectivity index (χ3v) is 6.41. The molecule has 1 aliphatic rings. The Balaban J connectivity index is 1.72. The summed E-state index contributed by atoms with van der Waals surface area (Å²) < 4.78 is 38.3. The highest BCUT2D eigenvalue weighted by molar-refractivity contribution is 9.10. The van der Waals surface area contributed by atoms with Crippen LogP contribution in [0, 0.1) is 0 Å². The molecule has 0 radical (unpaired) electrons. The van der Waals surface area contributed by atoms with Crippen LogP contribution in [0.25, 0.3) is 0 Å². The van der Waals surface area contributed by atoms with E-state index >= 15 is 0 Å². The number of hydrogen-bond donors (Lipinski definition) is 0. The number of carbonyl (C=O) groups excluding carboxylic acids is 1. The third-order valence-electron chi connectivity index (χ3n) is 4.12. The van der Waals surface area contributed by atoms with Crippen molar-refractivity contribution in [2.75, 3.05) is 20.2 Å². The van der Waals surface area contributed by atoms with E-state index < -0.39 is 16.0 Å². The molecule has 1 saturated heterocycles. The van der Waals surface area contributed by atoms with Crippen molar-refractivity contribution in [3.8, 4) is 6.01 Å². The number of rotatable bonds is 5. The molecule has 0 saturated carbocycles. The zero-order valence-corrected chi connectivity index (χ0v) is 16.9. The molecule has 8 nitrogen and oxygen atoms in total. The Kier molecular flexibility index (Phi) is 6.08. The van der Waals surface area contributed by atoms with Crippen molar-refractivity contribution in [3.63, 3.8) is 0 Å². The second-order valence-corrected chi connectivity index (χ2v) is 8.80. The summed E-state index contributed by atoms with van der Waals surface area (Å²) in [4.78, 5) is 19.7. The van der Waals surface area contributed by atoms with E-state index in [1.54, 1.807) is 12.4 Å². The molecule has 2 aromatic rings. The third kappa shape index (κ3) is 4.63. The summed E-state index contributed by atoms with van der Waals surface area (Å²) in [6, 6.07) is 5.90. The van der Waals surface area contributed by atoms with Gasteiger partial charge in [-0.05, 0) is 53.0 Å². The van der Waals surface area contributed by atoms with Crippen molar-refractivity contribution in [1.29, 1.82) is 0 Å². The fraction of sp³-hybridized carbons (Fsp3) is 0.353. The predicted molar refractivity (Wildman–Crippen MR) is 99.9 cm³/mol. The van der Waals surface area contributed by atoms with Crippen molar-refractivity contribution in [2.24, 2.45) is 0 Å². The fourth-order valence-electron chi connectivity index (χ4n) is 2.76. The van der Waals surface area contributed by atoms with Gasteiger partial charge < -0.3 is 9.47 Å². The molecule has 0 bridgehead atoms. The van der Waals surface area contributed by atoms with Crippen LogP contribution in [0.15, 0.2) is 46.0 Å². The average molecular weight is 456 g/mol. The second kappa shape index (κ2) is 8.32. The first-order valence-corrected chi connectivity index (χ1v) is 10.5. The summed E-state index contributed by atoms with van der Waals surface area (Å²) in [7, 11) is -2.42. The topological polar surface area (TPSA) is 98.7 Å². The summed E-state index contributed by atoms with van der Waals surface area (Å²) in [5.74, 6) is -0.514. The van der Waals surface area contributed by atoms with Gasteiger partial charge in [-0.15, -0.1) is 0 Å². The maximum atomic E-state index is 12.9. The second-order valence-electron chi connectivity index (χ2n) is 5.94. The lowest BCUT2D eigenvalue weighted by molar-refractivity contribution is 0.0600. The first-order valence-electron chi connectivity index (χ1n) is 8.23. The highest BCUT2D eigenvalue weighted by Crippen LogP contribution is 2.23. The predicted octanol–water partition coefficient (Wildman–Crippen LogP) is 2.26. The number of carbonyl (C=O) groups is 1. The van der Waals surface area contributed by atoms with Crippen LogP contribution in [0.2, 0.25) is 0 Å². The molecule has 2 heterocycles. The normalized spacial score (nSPS) is 18.1. The highest BCUT2D eigenvalue weighted by atomic mass is 79.9. The molecule has 1 atom stereocenters. The maximum absolute atomic E-state index is 12.9. The van der Waals surface area contributed by atoms with Gasteiger partial charge in [0.05, 0.1) is 28.6 Å². The Morgan fingerprint density at radius 2 is 1.89 bits per heavy atom. The Morgan fingerprint density at radius 1 is 1.22 bits per heavy atom. The van der Waals surface area contributed by atoms with Crippen LogP contribution in [0.3, 0.4) is 0 Å². The number of halogens is 1. The number of sulfonamides is 1. The van der Waals surface area contributed by atoms with Crippen molar-refractivity contribution >= 4 is 31.9 Å². The Morgan fingerprint density at radius 3 is 2.52 bits per heavy atom. The molecule has 1 aromatic heterocycles. The number of benzene rings is 1. The smallest absolute Gasteiger partial charge is 0.337 e. The van der Waals surface area contributed by atoms with Gasteiger partial charge in [0.15, 0.2) is 0 Å². The molecular formula is C17H18BrN3O5S. The summed E-state index contributed by atoms with van der Waals surface area (Å²) in [6.45, 7) is 0.614. The first kappa shape index (κ1) is 19.7. The lowest BCUT2D eigenvalue weighted by Gasteiger charge is -2.31. The monoisotopic (exact) mass is 455 g/mol. The molecule has 1 aromatic carbocycles. The minimum atomic E-state index is -3.69. The SMILES string of the molecule is COC(=O)c1ccc(S(=O)(=O)N2CCCC(Oc3ncc(Br)cn3)C2)cc1. The quantitative estimate of drug-likeness (QED) is 0.637. The van der Waals surface area contributed by atoms with E-state index in [1.165, 1.54) is 35.7 Å². The zero-order chi connectivity index (χ0) is 19.4. The van der Waals surface area contributed by atoms with Crippen molar-refractivity contribution in [2.45, 2.75) is 23.8 Å². The van der Waals surface area contributed by atoms with Gasteiger partial charge in [0.1, 0.15) is 6.10 Å². The van der Waals surface area contributed by atoms with E-state index in [9.17, 15) is 13.2 Å². The summed E-state index contributed by atoms with van der Waals surface area (Å²) in [6.07, 6.45) is 4.20. The molecule has 0 aliphatic carbocycles. The van der Waals surface area contributed by atoms with Crippen molar-refractivity contribution in [1.82, 2.24) is 14.3 Å². The Labute approximate surface area is 165 Å². The Hall–Kier alpha value is -2.04. The summed E-state index contributed by atoms with van der Waals surface area (Å²) in [5.41, 5.74) is 0.295. The molecular weight excluding hydrogens is 438 g/mol. The number of hydrogen-bond acceptors (Lipinski definition) is 7. The van der Waals surface area contributed by atoms with Gasteiger partial charge in [-0.2, -0.15) is 4.31 Å². The van der Waals surface area contributed by atoms with Gasteiger partial charge in [-0.3, -0.25) is 0 Å². The van der Waals surface area contributed by atoms with Gasteiger partial charge in [0, 0.05) is 18.9 Å². The number of esters is 1. The van der Waals surface area contributed by atoms with Crippen molar-refractivity contribution < 1.29 is 22.7 Å². The van der Waals surface area contributed by atoms with Gasteiger partial charge in [-0.25, -0.2) is 23.2 Å². The lowest BCUT2D eigenvalue weighted by atomic mass is 10.1. The molecule has 0 spiro atoms. The summed E-state index contributed by atoms with van der Waals surface area (Å²) >= 11 is 3.25. The van der Waals surface area contributed by atoms with Crippen molar-refractivity contribution in [3.05, 3.63) is 46.7 Å². The number of nitrogens with zero attached hydrogens (tertiary/aromatic N) is 3. The number of ether oxygens (including phenoxy) is 2. The molecule has 0 N–H and O–H groups in total. The van der Waals surface area contributed by atoms with E-state index in [0.29, 0.717) is 24.9 Å². The van der Waals surface area contributed by atoms with Crippen LogP contribution in [0.4, 0.5) is 0 Å². The zero-order valence-electron chi connectivity index (χ0n) is 14.5. The van der Waals surface area contributed by atoms with Crippen LogP contribution in [-0.4, -0.2) is 55.0 Å². The molecule has 144 valence electrons. The van der Waals surface area contributed by atoms with E-state index in [1.807, 2.05) is 0 Å². The number of piperidine rings is 1. The van der Waals surface area contributed by atoms with Crippen LogP contribution >= 0.6 is 15.9 Å². The average Bonchev–Trinajstić information content (AvgIpc) is 2.69. The maximum Gasteiger partial charge on any atom is 0.337 e. The number of methoxy groups -OCH3 is 1. The minimum absolute atomic E-state index is 0.121. The molecule has 1 fully saturated rings. The highest BCUT2D eigenvalue weighted by Gasteiger charge is 2.31. The first-order chi connectivity index (χ1) is 12.9. The van der Waals surface area contributed by atoms with Gasteiger partial charge in [-0.1, -0.05) is 0 Å². The fourth-order valence-corrected chi connectivity index (χ4v) is 4.47. The standard InChI is InChI=1S/C17H18BrN3O5S/c1-25-16(22)12-4-6-15(7-5-12)27(23,24)21-8-2-3-14(11-21)26-17-19-9-13(18)10-20-17/h4-7,9-10,14H,2-3,8,11H2,1H3. The van der Waals surface area contributed by atoms with Gasteiger partial charge >= 0.3 is 12.0 Å². The molecule has 10 heteroatoms. The van der Waals surface area contributed by atoms with E-state index in [4.69, 9.17) is 4.74 Å². The van der Waals surface area contributed by atoms with E-state index in [-0.39, 0.29) is 23.6 Å². The summed E-state index contributed by atoms with van der Waals surface area (Å²) in [5, 5.41) is 0. The van der Waals surface area contributed by atoms with E-state index in [0.717, 1.165) is 4.47 Å². The largest absolute Gasteiger partial charge is 0.465 e. The molecule has 1 unspecified atom stereocenters. The molecule has 1 aliphatic heterocycles. The van der Waals surface area contributed by atoms with E-state index in [2.05, 4.69) is 30.6 Å². The minimum Gasteiger partial charge on any atom is -0.465 e. The molecule has 0 amide bonds. The molecule has 3 rings (SSSR count). The van der Waals surface area contributed by atoms with Crippen LogP contribution in [0.1, 0.15) is 23.2 Å². The van der Waals surface area contributed by atoms with Crippen LogP contribution in [-0.2, 0) is 14.8 Å². The van der Waals surface area contributed by atoms with Gasteiger partial charge in [0.2, 0.25) is 10.0 Å². The van der Waals surface area contributed by atoms with Gasteiger partial charge in [0.25, 0.3) is 0 Å². The van der Waals surface area contributed by atoms with Crippen LogP contribution in [0.5, 0.6) is 6.01 Å². The molecule has 27 heavy (non-hydrogen) atoms. The lowest BCUT2D eigenvalue weighted by Crippen LogP contribution is -2.44.